The van der Waals surface area contributed by atoms with E-state index < -0.39 is 30.6 Å². The van der Waals surface area contributed by atoms with Crippen molar-refractivity contribution in [3.05, 3.63) is 24.4 Å². The van der Waals surface area contributed by atoms with Crippen molar-refractivity contribution in [1.82, 2.24) is 9.11 Å². The smallest absolute Gasteiger partial charge is 0.243 e. The van der Waals surface area contributed by atoms with Crippen LogP contribution in [0.15, 0.2) is 29.4 Å². The zero-order valence-electron chi connectivity index (χ0n) is 7.84. The molecule has 0 radical (unpaired) electrons. The molecule has 11 heteroatoms. The van der Waals surface area contributed by atoms with Crippen LogP contribution in [0.25, 0.3) is 0 Å². The van der Waals surface area contributed by atoms with Crippen LogP contribution < -0.4 is 4.13 Å². The SMILES string of the molecule is O=S(=O)(NS(=O)(=O)C(F)(F)F)c1ccccn1. The van der Waals surface area contributed by atoms with Gasteiger partial charge in [-0.25, -0.2) is 21.8 Å². The second-order valence-electron chi connectivity index (χ2n) is 2.70. The molecule has 0 atom stereocenters. The van der Waals surface area contributed by atoms with Crippen molar-refractivity contribution >= 4 is 20.0 Å². The molecule has 6 nitrogen and oxygen atoms in total. The summed E-state index contributed by atoms with van der Waals surface area (Å²) in [7, 11) is -10.9. The molecule has 0 bridgehead atoms. The number of nitrogens with one attached hydrogen (secondary N) is 1. The number of nitrogens with zero attached hydrogens (tertiary/aromatic N) is 1. The van der Waals surface area contributed by atoms with E-state index >= 15 is 0 Å². The van der Waals surface area contributed by atoms with E-state index in [1.54, 1.807) is 0 Å². The first-order valence-electron chi connectivity index (χ1n) is 3.82. The minimum absolute atomic E-state index is 0.546. The summed E-state index contributed by atoms with van der Waals surface area (Å²) in [4.78, 5) is 3.23. The van der Waals surface area contributed by atoms with Crippen LogP contribution in [0.3, 0.4) is 0 Å². The summed E-state index contributed by atoms with van der Waals surface area (Å²) in [6.07, 6.45) is 0.995. The van der Waals surface area contributed by atoms with Gasteiger partial charge in [0.25, 0.3) is 10.0 Å². The lowest BCUT2D eigenvalue weighted by Crippen LogP contribution is -2.40. The van der Waals surface area contributed by atoms with Gasteiger partial charge in [0.05, 0.1) is 0 Å². The zero-order chi connectivity index (χ0) is 13.3. The number of rotatable bonds is 3. The van der Waals surface area contributed by atoms with E-state index in [9.17, 15) is 30.0 Å². The van der Waals surface area contributed by atoms with Crippen LogP contribution >= 0.6 is 0 Å². The largest absolute Gasteiger partial charge is 0.512 e. The summed E-state index contributed by atoms with van der Waals surface area (Å²) in [5.41, 5.74) is -5.71. The first-order valence-corrected chi connectivity index (χ1v) is 6.79. The summed E-state index contributed by atoms with van der Waals surface area (Å²) in [6.45, 7) is 0. The van der Waals surface area contributed by atoms with Gasteiger partial charge in [-0.1, -0.05) is 10.2 Å². The maximum atomic E-state index is 11.9. The van der Waals surface area contributed by atoms with Crippen molar-refractivity contribution in [3.63, 3.8) is 0 Å². The average molecular weight is 290 g/mol. The van der Waals surface area contributed by atoms with Gasteiger partial charge in [0, 0.05) is 6.20 Å². The van der Waals surface area contributed by atoms with Crippen LogP contribution in [-0.2, 0) is 20.0 Å². The minimum atomic E-state index is -5.98. The zero-order valence-corrected chi connectivity index (χ0v) is 9.47. The molecule has 0 saturated carbocycles. The Morgan fingerprint density at radius 3 is 2.12 bits per heavy atom. The number of hydrogen-bond acceptors (Lipinski definition) is 5. The predicted molar refractivity (Wildman–Crippen MR) is 49.5 cm³/mol. The lowest BCUT2D eigenvalue weighted by atomic mass is 10.5. The Balaban J connectivity index is 3.14. The van der Waals surface area contributed by atoms with Gasteiger partial charge < -0.3 is 0 Å². The minimum Gasteiger partial charge on any atom is -0.243 e. The van der Waals surface area contributed by atoms with Gasteiger partial charge in [0.2, 0.25) is 0 Å². The van der Waals surface area contributed by atoms with Crippen molar-refractivity contribution in [2.75, 3.05) is 0 Å². The Hall–Kier alpha value is -1.20. The molecule has 0 aliphatic heterocycles. The third kappa shape index (κ3) is 3.14. The first kappa shape index (κ1) is 13.9. The maximum absolute atomic E-state index is 11.9. The molecular weight excluding hydrogens is 285 g/mol. The molecule has 0 saturated heterocycles. The fourth-order valence-corrected chi connectivity index (χ4v) is 3.07. The molecule has 0 aliphatic carbocycles. The molecule has 1 heterocycles. The molecule has 1 rings (SSSR count). The Bertz CT molecular complexity index is 594. The number of sulfonamides is 2. The fourth-order valence-electron chi connectivity index (χ4n) is 0.740. The predicted octanol–water partition coefficient (Wildman–Crippen LogP) is 0.210. The number of pyridine rings is 1. The van der Waals surface area contributed by atoms with Gasteiger partial charge in [0.1, 0.15) is 0 Å². The molecule has 0 unspecified atom stereocenters. The molecule has 1 N–H and O–H groups in total. The molecule has 0 amide bonds. The summed E-state index contributed by atoms with van der Waals surface area (Å²) < 4.78 is 80.1. The van der Waals surface area contributed by atoms with Gasteiger partial charge in [-0.15, -0.1) is 0 Å². The Morgan fingerprint density at radius 2 is 1.71 bits per heavy atom. The first-order chi connectivity index (χ1) is 7.56. The third-order valence-corrected chi connectivity index (χ3v) is 4.59. The van der Waals surface area contributed by atoms with E-state index in [2.05, 4.69) is 4.98 Å². The Labute approximate surface area is 94.6 Å². The average Bonchev–Trinajstić information content (AvgIpc) is 2.15. The highest BCUT2D eigenvalue weighted by molar-refractivity contribution is 8.05. The van der Waals surface area contributed by atoms with Crippen molar-refractivity contribution < 1.29 is 30.0 Å². The standard InChI is InChI=1S/C6H5F3N2O4S2/c7-6(8,9)17(14,15)11-16(12,13)5-3-1-2-4-10-5/h1-4,11H. The van der Waals surface area contributed by atoms with E-state index in [4.69, 9.17) is 0 Å². The van der Waals surface area contributed by atoms with Crippen LogP contribution in [0.1, 0.15) is 0 Å². The highest BCUT2D eigenvalue weighted by Crippen LogP contribution is 2.23. The summed E-state index contributed by atoms with van der Waals surface area (Å²) >= 11 is 0. The van der Waals surface area contributed by atoms with E-state index in [1.165, 1.54) is 12.1 Å². The topological polar surface area (TPSA) is 93.2 Å². The van der Waals surface area contributed by atoms with Crippen molar-refractivity contribution in [2.45, 2.75) is 10.5 Å². The molecule has 96 valence electrons. The number of hydrogen-bond donors (Lipinski definition) is 1. The van der Waals surface area contributed by atoms with Crippen LogP contribution in [0.5, 0.6) is 0 Å². The summed E-state index contributed by atoms with van der Waals surface area (Å²) in [5.74, 6) is 0. The lowest BCUT2D eigenvalue weighted by molar-refractivity contribution is -0.0441. The molecule has 0 aliphatic rings. The Morgan fingerprint density at radius 1 is 1.12 bits per heavy atom. The quantitative estimate of drug-likeness (QED) is 0.859. The van der Waals surface area contributed by atoms with Crippen LogP contribution in [0.4, 0.5) is 13.2 Å². The fraction of sp³-hybridized carbons (Fsp3) is 0.167. The van der Waals surface area contributed by atoms with Gasteiger partial charge in [-0.3, -0.25) is 0 Å². The van der Waals surface area contributed by atoms with Crippen LogP contribution in [0, 0.1) is 0 Å². The summed E-state index contributed by atoms with van der Waals surface area (Å²) in [5, 5.41) is -0.826. The molecule has 0 fully saturated rings. The second-order valence-corrected chi connectivity index (χ2v) is 6.27. The molecule has 17 heavy (non-hydrogen) atoms. The lowest BCUT2D eigenvalue weighted by Gasteiger charge is -2.09. The number of halogens is 3. The van der Waals surface area contributed by atoms with Crippen LogP contribution in [-0.4, -0.2) is 27.3 Å². The monoisotopic (exact) mass is 290 g/mol. The molecule has 0 aromatic carbocycles. The number of alkyl halides is 3. The second kappa shape index (κ2) is 4.23. The van der Waals surface area contributed by atoms with E-state index in [1.807, 2.05) is 0 Å². The highest BCUT2D eigenvalue weighted by Gasteiger charge is 2.48. The molecule has 1 aromatic rings. The van der Waals surface area contributed by atoms with Crippen molar-refractivity contribution in [2.24, 2.45) is 0 Å². The van der Waals surface area contributed by atoms with Gasteiger partial charge in [-0.05, 0) is 12.1 Å². The van der Waals surface area contributed by atoms with Gasteiger partial charge >= 0.3 is 15.5 Å². The van der Waals surface area contributed by atoms with E-state index in [0.29, 0.717) is 4.13 Å². The van der Waals surface area contributed by atoms with E-state index in [0.717, 1.165) is 12.3 Å². The third-order valence-electron chi connectivity index (χ3n) is 1.44. The molecule has 0 spiro atoms. The van der Waals surface area contributed by atoms with Crippen molar-refractivity contribution in [3.8, 4) is 0 Å². The molecular formula is C6H5F3N2O4S2. The Kier molecular flexibility index (Phi) is 3.45. The normalized spacial score (nSPS) is 13.6. The van der Waals surface area contributed by atoms with Crippen LogP contribution in [0.2, 0.25) is 0 Å². The summed E-state index contributed by atoms with van der Waals surface area (Å²) in [6, 6.07) is 3.35. The van der Waals surface area contributed by atoms with Gasteiger partial charge in [-0.2, -0.15) is 13.2 Å². The maximum Gasteiger partial charge on any atom is 0.512 e. The van der Waals surface area contributed by atoms with Crippen molar-refractivity contribution in [1.29, 1.82) is 0 Å². The van der Waals surface area contributed by atoms with E-state index in [-0.39, 0.29) is 0 Å². The highest BCUT2D eigenvalue weighted by atomic mass is 32.3. The number of aromatic nitrogens is 1. The van der Waals surface area contributed by atoms with Gasteiger partial charge in [0.15, 0.2) is 5.03 Å². The molecule has 1 aromatic heterocycles.